The van der Waals surface area contributed by atoms with Crippen molar-refractivity contribution in [1.29, 1.82) is 0 Å². The van der Waals surface area contributed by atoms with Gasteiger partial charge < -0.3 is 10.1 Å². The SMILES string of the molecule is COc1cc(F)cc(CC2CCCCN2)c1C(C)C. The van der Waals surface area contributed by atoms with Crippen molar-refractivity contribution in [2.75, 3.05) is 13.7 Å². The van der Waals surface area contributed by atoms with E-state index >= 15 is 0 Å². The highest BCUT2D eigenvalue weighted by molar-refractivity contribution is 5.43. The van der Waals surface area contributed by atoms with Crippen molar-refractivity contribution in [3.8, 4) is 5.75 Å². The monoisotopic (exact) mass is 265 g/mol. The lowest BCUT2D eigenvalue weighted by Crippen LogP contribution is -2.35. The van der Waals surface area contributed by atoms with Crippen molar-refractivity contribution in [2.45, 2.75) is 51.5 Å². The second-order valence-corrected chi connectivity index (χ2v) is 5.69. The van der Waals surface area contributed by atoms with Crippen LogP contribution < -0.4 is 10.1 Å². The van der Waals surface area contributed by atoms with Crippen molar-refractivity contribution >= 4 is 0 Å². The number of halogens is 1. The molecule has 1 heterocycles. The van der Waals surface area contributed by atoms with Gasteiger partial charge >= 0.3 is 0 Å². The zero-order chi connectivity index (χ0) is 13.8. The molecule has 19 heavy (non-hydrogen) atoms. The number of benzene rings is 1. The minimum absolute atomic E-state index is 0.202. The first kappa shape index (κ1) is 14.3. The van der Waals surface area contributed by atoms with Crippen LogP contribution in [0.2, 0.25) is 0 Å². The Morgan fingerprint density at radius 1 is 1.37 bits per heavy atom. The topological polar surface area (TPSA) is 21.3 Å². The van der Waals surface area contributed by atoms with Crippen LogP contribution in [0.25, 0.3) is 0 Å². The predicted molar refractivity (Wildman–Crippen MR) is 76.4 cm³/mol. The molecule has 2 rings (SSSR count). The third-order valence-corrected chi connectivity index (χ3v) is 3.87. The highest BCUT2D eigenvalue weighted by atomic mass is 19.1. The fraction of sp³-hybridized carbons (Fsp3) is 0.625. The summed E-state index contributed by atoms with van der Waals surface area (Å²) in [7, 11) is 1.61. The molecule has 1 aromatic rings. The average Bonchev–Trinajstić information content (AvgIpc) is 2.38. The Bertz CT molecular complexity index is 425. The summed E-state index contributed by atoms with van der Waals surface area (Å²) in [5.41, 5.74) is 2.24. The quantitative estimate of drug-likeness (QED) is 0.897. The van der Waals surface area contributed by atoms with E-state index in [4.69, 9.17) is 4.74 Å². The van der Waals surface area contributed by atoms with Crippen molar-refractivity contribution < 1.29 is 9.13 Å². The summed E-state index contributed by atoms with van der Waals surface area (Å²) in [6.07, 6.45) is 4.58. The van der Waals surface area contributed by atoms with Crippen molar-refractivity contribution in [3.63, 3.8) is 0 Å². The van der Waals surface area contributed by atoms with Gasteiger partial charge in [-0.1, -0.05) is 20.3 Å². The van der Waals surface area contributed by atoms with Crippen molar-refractivity contribution in [2.24, 2.45) is 0 Å². The Labute approximate surface area is 115 Å². The molecule has 0 aliphatic carbocycles. The molecule has 106 valence electrons. The molecule has 0 bridgehead atoms. The van der Waals surface area contributed by atoms with Crippen LogP contribution in [0.15, 0.2) is 12.1 Å². The van der Waals surface area contributed by atoms with Gasteiger partial charge in [-0.05, 0) is 43.4 Å². The van der Waals surface area contributed by atoms with Gasteiger partial charge in [-0.15, -0.1) is 0 Å². The standard InChI is InChI=1S/C16H24FNO/c1-11(2)16-12(8-13(17)10-15(16)19-3)9-14-6-4-5-7-18-14/h8,10-11,14,18H,4-7,9H2,1-3H3. The molecule has 1 saturated heterocycles. The van der Waals surface area contributed by atoms with Gasteiger partial charge in [0, 0.05) is 17.7 Å². The van der Waals surface area contributed by atoms with Gasteiger partial charge in [0.25, 0.3) is 0 Å². The normalized spacial score (nSPS) is 19.7. The van der Waals surface area contributed by atoms with Crippen molar-refractivity contribution in [1.82, 2.24) is 5.32 Å². The third-order valence-electron chi connectivity index (χ3n) is 3.87. The molecule has 0 aromatic heterocycles. The van der Waals surface area contributed by atoms with Crippen LogP contribution in [0.1, 0.15) is 50.2 Å². The zero-order valence-corrected chi connectivity index (χ0v) is 12.1. The Kier molecular flexibility index (Phi) is 4.81. The number of rotatable bonds is 4. The summed E-state index contributed by atoms with van der Waals surface area (Å²) < 4.78 is 19.1. The lowest BCUT2D eigenvalue weighted by Gasteiger charge is -2.26. The number of ether oxygens (including phenoxy) is 1. The van der Waals surface area contributed by atoms with Crippen molar-refractivity contribution in [3.05, 3.63) is 29.1 Å². The molecular weight excluding hydrogens is 241 g/mol. The summed E-state index contributed by atoms with van der Waals surface area (Å²) in [4.78, 5) is 0. The highest BCUT2D eigenvalue weighted by Crippen LogP contribution is 2.32. The van der Waals surface area contributed by atoms with Crippen LogP contribution in [-0.2, 0) is 6.42 Å². The number of hydrogen-bond donors (Lipinski definition) is 1. The Balaban J connectivity index is 2.28. The maximum absolute atomic E-state index is 13.7. The summed E-state index contributed by atoms with van der Waals surface area (Å²) in [5, 5.41) is 3.53. The summed E-state index contributed by atoms with van der Waals surface area (Å²) >= 11 is 0. The molecule has 1 aliphatic heterocycles. The number of piperidine rings is 1. The maximum atomic E-state index is 13.7. The number of methoxy groups -OCH3 is 1. The van der Waals surface area contributed by atoms with Crippen LogP contribution in [0.5, 0.6) is 5.75 Å². The second-order valence-electron chi connectivity index (χ2n) is 5.69. The van der Waals surface area contributed by atoms with Gasteiger partial charge in [0.15, 0.2) is 0 Å². The molecule has 1 N–H and O–H groups in total. The van der Waals surface area contributed by atoms with Gasteiger partial charge in [0.1, 0.15) is 11.6 Å². The lowest BCUT2D eigenvalue weighted by atomic mass is 9.89. The minimum Gasteiger partial charge on any atom is -0.496 e. The summed E-state index contributed by atoms with van der Waals surface area (Å²) in [6.45, 7) is 5.34. The molecule has 0 radical (unpaired) electrons. The molecule has 3 heteroatoms. The molecule has 1 aromatic carbocycles. The Morgan fingerprint density at radius 3 is 2.74 bits per heavy atom. The molecular formula is C16H24FNO. The molecule has 2 nitrogen and oxygen atoms in total. The first-order valence-electron chi connectivity index (χ1n) is 7.21. The predicted octanol–water partition coefficient (Wildman–Crippen LogP) is 3.64. The smallest absolute Gasteiger partial charge is 0.127 e. The van der Waals surface area contributed by atoms with Gasteiger partial charge in [-0.3, -0.25) is 0 Å². The zero-order valence-electron chi connectivity index (χ0n) is 12.1. The van der Waals surface area contributed by atoms with E-state index in [-0.39, 0.29) is 5.82 Å². The Morgan fingerprint density at radius 2 is 2.16 bits per heavy atom. The van der Waals surface area contributed by atoms with Crippen LogP contribution in [0.4, 0.5) is 4.39 Å². The van der Waals surface area contributed by atoms with E-state index in [9.17, 15) is 4.39 Å². The number of hydrogen-bond acceptors (Lipinski definition) is 2. The third kappa shape index (κ3) is 3.47. The van der Waals surface area contributed by atoms with Crippen LogP contribution in [0, 0.1) is 5.82 Å². The lowest BCUT2D eigenvalue weighted by molar-refractivity contribution is 0.389. The highest BCUT2D eigenvalue weighted by Gasteiger charge is 2.19. The van der Waals surface area contributed by atoms with E-state index in [1.165, 1.54) is 25.3 Å². The average molecular weight is 265 g/mol. The van der Waals surface area contributed by atoms with Crippen LogP contribution in [-0.4, -0.2) is 19.7 Å². The van der Waals surface area contributed by atoms with E-state index in [1.807, 2.05) is 0 Å². The molecule has 1 unspecified atom stereocenters. The second kappa shape index (κ2) is 6.38. The maximum Gasteiger partial charge on any atom is 0.127 e. The first-order chi connectivity index (χ1) is 9.11. The van der Waals surface area contributed by atoms with E-state index in [0.717, 1.165) is 24.1 Å². The molecule has 0 amide bonds. The molecule has 0 spiro atoms. The van der Waals surface area contributed by atoms with Crippen LogP contribution >= 0.6 is 0 Å². The molecule has 1 fully saturated rings. The van der Waals surface area contributed by atoms with E-state index in [0.29, 0.717) is 17.7 Å². The largest absolute Gasteiger partial charge is 0.496 e. The van der Waals surface area contributed by atoms with E-state index in [2.05, 4.69) is 19.2 Å². The van der Waals surface area contributed by atoms with E-state index < -0.39 is 0 Å². The Hall–Kier alpha value is -1.09. The fourth-order valence-corrected chi connectivity index (χ4v) is 3.00. The molecule has 1 aliphatic rings. The van der Waals surface area contributed by atoms with Gasteiger partial charge in [-0.25, -0.2) is 4.39 Å². The minimum atomic E-state index is -0.202. The molecule has 1 atom stereocenters. The number of nitrogens with one attached hydrogen (secondary N) is 1. The van der Waals surface area contributed by atoms with Gasteiger partial charge in [-0.2, -0.15) is 0 Å². The van der Waals surface area contributed by atoms with Gasteiger partial charge in [0.2, 0.25) is 0 Å². The van der Waals surface area contributed by atoms with E-state index in [1.54, 1.807) is 13.2 Å². The summed E-state index contributed by atoms with van der Waals surface area (Å²) in [5.74, 6) is 0.821. The fourth-order valence-electron chi connectivity index (χ4n) is 3.00. The van der Waals surface area contributed by atoms with Gasteiger partial charge in [0.05, 0.1) is 7.11 Å². The summed E-state index contributed by atoms with van der Waals surface area (Å²) in [6, 6.07) is 3.64. The first-order valence-corrected chi connectivity index (χ1v) is 7.21. The van der Waals surface area contributed by atoms with Crippen LogP contribution in [0.3, 0.4) is 0 Å². The molecule has 0 saturated carbocycles.